The molecule has 0 aromatic heterocycles. The van der Waals surface area contributed by atoms with Gasteiger partial charge in [0.25, 0.3) is 5.91 Å². The summed E-state index contributed by atoms with van der Waals surface area (Å²) in [5.41, 5.74) is 0.0689. The van der Waals surface area contributed by atoms with E-state index in [1.807, 2.05) is 6.92 Å². The van der Waals surface area contributed by atoms with Gasteiger partial charge in [-0.2, -0.15) is 0 Å². The maximum Gasteiger partial charge on any atom is 0.329 e. The maximum absolute atomic E-state index is 13.7. The summed E-state index contributed by atoms with van der Waals surface area (Å²) in [4.78, 5) is 43.4. The molecular weight excluding hydrogens is 500 g/mol. The predicted molar refractivity (Wildman–Crippen MR) is 145 cm³/mol. The van der Waals surface area contributed by atoms with Crippen LogP contribution < -0.4 is 0 Å². The number of allylic oxidation sites excluding steroid dienone is 1. The fraction of sp³-hybridized carbons (Fsp3) is 0.833. The Morgan fingerprint density at radius 3 is 2.23 bits per heavy atom. The Kier molecular flexibility index (Phi) is 8.72. The highest BCUT2D eigenvalue weighted by atomic mass is 16.5. The highest BCUT2D eigenvalue weighted by Gasteiger charge is 2.63. The molecule has 4 fully saturated rings. The van der Waals surface area contributed by atoms with E-state index < -0.39 is 30.2 Å². The van der Waals surface area contributed by atoms with E-state index in [0.29, 0.717) is 51.1 Å². The first kappa shape index (κ1) is 29.8. The molecule has 220 valence electrons. The molecular formula is C30H48N2O7. The van der Waals surface area contributed by atoms with Crippen LogP contribution in [0.3, 0.4) is 0 Å². The summed E-state index contributed by atoms with van der Waals surface area (Å²) >= 11 is 0. The first-order valence-electron chi connectivity index (χ1n) is 14.9. The van der Waals surface area contributed by atoms with E-state index >= 15 is 0 Å². The monoisotopic (exact) mass is 548 g/mol. The zero-order valence-electron chi connectivity index (χ0n) is 24.3. The molecule has 2 aliphatic carbocycles. The molecule has 2 aliphatic heterocycles. The summed E-state index contributed by atoms with van der Waals surface area (Å²) in [5, 5.41) is 30.2. The van der Waals surface area contributed by atoms with Crippen LogP contribution in [-0.4, -0.2) is 86.4 Å². The van der Waals surface area contributed by atoms with Crippen molar-refractivity contribution in [2.45, 2.75) is 123 Å². The number of aliphatic hydroxyl groups is 3. The van der Waals surface area contributed by atoms with Crippen molar-refractivity contribution >= 4 is 17.8 Å². The molecule has 4 rings (SSSR count). The Balaban J connectivity index is 1.39. The molecule has 9 nitrogen and oxygen atoms in total. The zero-order valence-corrected chi connectivity index (χ0v) is 24.3. The molecule has 2 saturated carbocycles. The van der Waals surface area contributed by atoms with Crippen LogP contribution in [0, 0.1) is 22.7 Å². The van der Waals surface area contributed by atoms with Gasteiger partial charge in [0.1, 0.15) is 36.2 Å². The fourth-order valence-electron chi connectivity index (χ4n) is 7.59. The second-order valence-electron chi connectivity index (χ2n) is 13.1. The highest BCUT2D eigenvalue weighted by molar-refractivity contribution is 5.92. The minimum atomic E-state index is -1.33. The van der Waals surface area contributed by atoms with Crippen LogP contribution in [0.1, 0.15) is 92.4 Å². The molecule has 0 aromatic rings. The lowest BCUT2D eigenvalue weighted by Gasteiger charge is -2.39. The number of esters is 1. The van der Waals surface area contributed by atoms with Gasteiger partial charge in [-0.3, -0.25) is 9.59 Å². The largest absolute Gasteiger partial charge is 0.510 e. The molecule has 2 heterocycles. The third kappa shape index (κ3) is 5.45. The normalized spacial score (nSPS) is 34.3. The van der Waals surface area contributed by atoms with Crippen molar-refractivity contribution in [1.29, 1.82) is 0 Å². The lowest BCUT2D eigenvalue weighted by molar-refractivity contribution is -0.166. The fourth-order valence-corrected chi connectivity index (χ4v) is 7.59. The number of aliphatic hydroxyl groups excluding tert-OH is 3. The number of fused-ring (bicyclic) bond motifs is 2. The summed E-state index contributed by atoms with van der Waals surface area (Å²) in [7, 11) is 0. The van der Waals surface area contributed by atoms with Crippen LogP contribution in [0.4, 0.5) is 0 Å². The van der Waals surface area contributed by atoms with E-state index in [-0.39, 0.29) is 46.9 Å². The third-order valence-electron chi connectivity index (χ3n) is 10.8. The average Bonchev–Trinajstić information content (AvgIpc) is 3.65. The predicted octanol–water partition coefficient (Wildman–Crippen LogP) is 3.33. The highest BCUT2D eigenvalue weighted by Crippen LogP contribution is 2.66. The molecule has 5 unspecified atom stereocenters. The van der Waals surface area contributed by atoms with E-state index in [1.165, 1.54) is 24.3 Å². The molecule has 39 heavy (non-hydrogen) atoms. The summed E-state index contributed by atoms with van der Waals surface area (Å²) in [5.74, 6) is -1.03. The number of likely N-dealkylation sites (tertiary alicyclic amines) is 2. The summed E-state index contributed by atoms with van der Waals surface area (Å²) < 4.78 is 6.13. The van der Waals surface area contributed by atoms with Crippen LogP contribution in [0.25, 0.3) is 0 Å². The maximum atomic E-state index is 13.7. The first-order valence-corrected chi connectivity index (χ1v) is 14.9. The van der Waals surface area contributed by atoms with E-state index in [0.717, 1.165) is 12.8 Å². The second-order valence-corrected chi connectivity index (χ2v) is 13.1. The number of amides is 2. The lowest BCUT2D eigenvalue weighted by Crippen LogP contribution is -2.53. The minimum absolute atomic E-state index is 0.0525. The SMILES string of the molecule is CCC(/C=C(/O)C(C)O)C[C@@H](O)C(=O)N1CCC[C@H]1C(=O)N1CCC[C@H]1C(=O)OC1CC2CCC1(C)C2(C)C. The topological polar surface area (TPSA) is 128 Å². The van der Waals surface area contributed by atoms with Gasteiger partial charge in [-0.05, 0) is 88.0 Å². The standard InChI is InChI=1S/C30H48N2O7/c1-6-19(15-23(34)18(2)33)16-24(35)27(37)31-13-7-9-21(31)26(36)32-14-8-10-22(32)28(38)39-25-17-20-11-12-30(25,5)29(20,3)4/h15,18-22,24-25,33-35H,6-14,16-17H2,1-5H3/b23-15+/t18?,19?,20?,21-,22-,24+,25?,30?/m0/s1. The Hall–Kier alpha value is -2.13. The molecule has 8 atom stereocenters. The molecule has 0 spiro atoms. The molecule has 4 aliphatic rings. The second kappa shape index (κ2) is 11.4. The zero-order chi connectivity index (χ0) is 28.7. The van der Waals surface area contributed by atoms with Gasteiger partial charge < -0.3 is 29.9 Å². The Labute approximate surface area is 232 Å². The average molecular weight is 549 g/mol. The number of nitrogens with zero attached hydrogens (tertiary/aromatic N) is 2. The van der Waals surface area contributed by atoms with Gasteiger partial charge in [-0.15, -0.1) is 0 Å². The molecule has 0 radical (unpaired) electrons. The summed E-state index contributed by atoms with van der Waals surface area (Å²) in [6.45, 7) is 10.9. The number of rotatable bonds is 9. The van der Waals surface area contributed by atoms with Crippen LogP contribution >= 0.6 is 0 Å². The molecule has 2 saturated heterocycles. The minimum Gasteiger partial charge on any atom is -0.510 e. The Bertz CT molecular complexity index is 978. The Morgan fingerprint density at radius 2 is 1.67 bits per heavy atom. The van der Waals surface area contributed by atoms with Crippen molar-refractivity contribution in [3.63, 3.8) is 0 Å². The van der Waals surface area contributed by atoms with Gasteiger partial charge >= 0.3 is 5.97 Å². The van der Waals surface area contributed by atoms with Gasteiger partial charge in [0.2, 0.25) is 5.91 Å². The van der Waals surface area contributed by atoms with Gasteiger partial charge in [-0.1, -0.05) is 27.7 Å². The van der Waals surface area contributed by atoms with Crippen molar-refractivity contribution < 1.29 is 34.4 Å². The van der Waals surface area contributed by atoms with Crippen LogP contribution in [-0.2, 0) is 19.1 Å². The van der Waals surface area contributed by atoms with Crippen LogP contribution in [0.15, 0.2) is 11.8 Å². The Morgan fingerprint density at radius 1 is 1.03 bits per heavy atom. The number of carbonyl (C=O) groups is 3. The number of hydrogen-bond donors (Lipinski definition) is 3. The van der Waals surface area contributed by atoms with Crippen molar-refractivity contribution in [2.24, 2.45) is 22.7 Å². The van der Waals surface area contributed by atoms with Crippen LogP contribution in [0.2, 0.25) is 0 Å². The van der Waals surface area contributed by atoms with Crippen molar-refractivity contribution in [3.8, 4) is 0 Å². The van der Waals surface area contributed by atoms with Crippen molar-refractivity contribution in [3.05, 3.63) is 11.8 Å². The number of hydrogen-bond acceptors (Lipinski definition) is 7. The molecule has 9 heteroatoms. The number of ether oxygens (including phenoxy) is 1. The van der Waals surface area contributed by atoms with E-state index in [1.54, 1.807) is 4.90 Å². The van der Waals surface area contributed by atoms with Gasteiger partial charge in [0, 0.05) is 18.5 Å². The summed E-state index contributed by atoms with van der Waals surface area (Å²) in [6.07, 6.45) is 5.14. The first-order chi connectivity index (χ1) is 18.3. The van der Waals surface area contributed by atoms with E-state index in [9.17, 15) is 29.7 Å². The van der Waals surface area contributed by atoms with Gasteiger partial charge in [0.15, 0.2) is 0 Å². The van der Waals surface area contributed by atoms with Crippen LogP contribution in [0.5, 0.6) is 0 Å². The smallest absolute Gasteiger partial charge is 0.329 e. The van der Waals surface area contributed by atoms with Crippen molar-refractivity contribution in [1.82, 2.24) is 9.80 Å². The van der Waals surface area contributed by atoms with Crippen molar-refractivity contribution in [2.75, 3.05) is 13.1 Å². The van der Waals surface area contributed by atoms with Gasteiger partial charge in [-0.25, -0.2) is 4.79 Å². The molecule has 2 bridgehead atoms. The number of carbonyl (C=O) groups excluding carboxylic acids is 3. The third-order valence-corrected chi connectivity index (χ3v) is 10.8. The molecule has 0 aromatic carbocycles. The lowest BCUT2D eigenvalue weighted by atomic mass is 9.70. The quantitative estimate of drug-likeness (QED) is 0.298. The summed E-state index contributed by atoms with van der Waals surface area (Å²) in [6, 6.07) is -1.34. The van der Waals surface area contributed by atoms with Gasteiger partial charge in [0.05, 0.1) is 0 Å². The molecule has 3 N–H and O–H groups in total. The van der Waals surface area contributed by atoms with E-state index in [2.05, 4.69) is 20.8 Å². The van der Waals surface area contributed by atoms with E-state index in [4.69, 9.17) is 4.74 Å². The molecule has 2 amide bonds.